The zero-order valence-electron chi connectivity index (χ0n) is 17.5. The van der Waals surface area contributed by atoms with Crippen molar-refractivity contribution >= 4 is 40.5 Å². The molecule has 4 rings (SSSR count). The van der Waals surface area contributed by atoms with Gasteiger partial charge in [-0.05, 0) is 80.5 Å². The number of anilines is 2. The highest BCUT2D eigenvalue weighted by Gasteiger charge is 2.49. The van der Waals surface area contributed by atoms with Crippen LogP contribution in [0.1, 0.15) is 26.2 Å². The monoisotopic (exact) mass is 439 g/mol. The van der Waals surface area contributed by atoms with Crippen LogP contribution < -0.4 is 19.7 Å². The first-order valence-electron chi connectivity index (χ1n) is 10.3. The topological polar surface area (TPSA) is 71.1 Å². The Bertz CT molecular complexity index is 973. The van der Waals surface area contributed by atoms with Crippen molar-refractivity contribution in [1.82, 2.24) is 4.90 Å². The molecule has 2 aromatic rings. The van der Waals surface area contributed by atoms with E-state index in [0.29, 0.717) is 28.8 Å². The summed E-state index contributed by atoms with van der Waals surface area (Å²) in [5, 5.41) is 3.33. The summed E-state index contributed by atoms with van der Waals surface area (Å²) >= 11 is 5.65. The molecule has 7 nitrogen and oxygen atoms in total. The Labute approximate surface area is 186 Å². The van der Waals surface area contributed by atoms with Gasteiger partial charge >= 0.3 is 0 Å². The lowest BCUT2D eigenvalue weighted by atomic mass is 10.1. The third kappa shape index (κ3) is 4.49. The van der Waals surface area contributed by atoms with Crippen molar-refractivity contribution in [2.45, 2.75) is 38.3 Å². The quantitative estimate of drug-likeness (QED) is 0.634. The van der Waals surface area contributed by atoms with Crippen molar-refractivity contribution in [3.05, 3.63) is 48.5 Å². The zero-order chi connectivity index (χ0) is 22.0. The largest absolute Gasteiger partial charge is 0.497 e. The van der Waals surface area contributed by atoms with E-state index in [1.54, 1.807) is 55.6 Å². The summed E-state index contributed by atoms with van der Waals surface area (Å²) in [5.41, 5.74) is 1.34. The van der Waals surface area contributed by atoms with Gasteiger partial charge in [0.2, 0.25) is 5.91 Å². The summed E-state index contributed by atoms with van der Waals surface area (Å²) in [4.78, 5) is 29.5. The molecule has 0 spiro atoms. The van der Waals surface area contributed by atoms with E-state index in [9.17, 15) is 9.59 Å². The van der Waals surface area contributed by atoms with Gasteiger partial charge in [0.1, 0.15) is 17.5 Å². The molecule has 31 heavy (non-hydrogen) atoms. The van der Waals surface area contributed by atoms with E-state index in [1.807, 2.05) is 11.8 Å². The lowest BCUT2D eigenvalue weighted by molar-refractivity contribution is -0.124. The van der Waals surface area contributed by atoms with Crippen LogP contribution in [-0.2, 0) is 9.59 Å². The van der Waals surface area contributed by atoms with Crippen LogP contribution in [0.15, 0.2) is 48.5 Å². The molecule has 2 aliphatic rings. The Kier molecular flexibility index (Phi) is 6.08. The highest BCUT2D eigenvalue weighted by atomic mass is 32.1. The van der Waals surface area contributed by atoms with Crippen LogP contribution in [0.5, 0.6) is 11.5 Å². The molecule has 0 aromatic heterocycles. The molecule has 1 atom stereocenters. The number of amides is 2. The minimum atomic E-state index is -0.607. The molecule has 1 saturated carbocycles. The van der Waals surface area contributed by atoms with Gasteiger partial charge in [0, 0.05) is 11.7 Å². The summed E-state index contributed by atoms with van der Waals surface area (Å²) in [6.07, 6.45) is 1.98. The van der Waals surface area contributed by atoms with Gasteiger partial charge in [0.05, 0.1) is 25.8 Å². The number of methoxy groups -OCH3 is 1. The molecule has 1 saturated heterocycles. The third-order valence-electron chi connectivity index (χ3n) is 5.35. The molecule has 162 valence electrons. The minimum Gasteiger partial charge on any atom is -0.497 e. The number of ether oxygens (including phenoxy) is 2. The van der Waals surface area contributed by atoms with Crippen molar-refractivity contribution in [2.75, 3.05) is 23.9 Å². The van der Waals surface area contributed by atoms with Crippen molar-refractivity contribution in [3.63, 3.8) is 0 Å². The SMILES string of the molecule is CCOc1ccc(NC(=O)C[C@@H]2C(=O)N(c3ccc(OC)cc3)C(=S)N2C2CC2)cc1. The lowest BCUT2D eigenvalue weighted by Crippen LogP contribution is -2.39. The summed E-state index contributed by atoms with van der Waals surface area (Å²) < 4.78 is 10.6. The first-order chi connectivity index (χ1) is 15.0. The fraction of sp³-hybridized carbons (Fsp3) is 0.348. The van der Waals surface area contributed by atoms with E-state index in [2.05, 4.69) is 5.32 Å². The van der Waals surface area contributed by atoms with Crippen molar-refractivity contribution in [3.8, 4) is 11.5 Å². The van der Waals surface area contributed by atoms with Crippen LogP contribution >= 0.6 is 12.2 Å². The molecule has 8 heteroatoms. The fourth-order valence-corrected chi connectivity index (χ4v) is 4.19. The molecule has 2 amide bonds. The number of hydrogen-bond acceptors (Lipinski definition) is 5. The average Bonchev–Trinajstić information content (AvgIpc) is 3.57. The number of thiocarbonyl (C=S) groups is 1. The lowest BCUT2D eigenvalue weighted by Gasteiger charge is -2.23. The maximum atomic E-state index is 13.3. The van der Waals surface area contributed by atoms with Crippen LogP contribution in [-0.4, -0.2) is 47.6 Å². The number of hydrogen-bond donors (Lipinski definition) is 1. The molecule has 1 N–H and O–H groups in total. The van der Waals surface area contributed by atoms with Crippen LogP contribution in [0.2, 0.25) is 0 Å². The van der Waals surface area contributed by atoms with Crippen molar-refractivity contribution in [2.24, 2.45) is 0 Å². The molecule has 1 heterocycles. The van der Waals surface area contributed by atoms with Crippen LogP contribution in [0.3, 0.4) is 0 Å². The summed E-state index contributed by atoms with van der Waals surface area (Å²) in [5.74, 6) is 1.04. The van der Waals surface area contributed by atoms with E-state index >= 15 is 0 Å². The van der Waals surface area contributed by atoms with Gasteiger partial charge in [-0.2, -0.15) is 0 Å². The Balaban J connectivity index is 1.48. The Morgan fingerprint density at radius 3 is 2.32 bits per heavy atom. The molecule has 2 aromatic carbocycles. The predicted octanol–water partition coefficient (Wildman–Crippen LogP) is 3.59. The van der Waals surface area contributed by atoms with Gasteiger partial charge < -0.3 is 19.7 Å². The molecule has 0 unspecified atom stereocenters. The molecule has 1 aliphatic heterocycles. The second-order valence-corrected chi connectivity index (χ2v) is 7.88. The van der Waals surface area contributed by atoms with Gasteiger partial charge in [0.15, 0.2) is 5.11 Å². The molecule has 1 aliphatic carbocycles. The molecular weight excluding hydrogens is 414 g/mol. The number of benzene rings is 2. The highest BCUT2D eigenvalue weighted by molar-refractivity contribution is 7.80. The average molecular weight is 440 g/mol. The van der Waals surface area contributed by atoms with Gasteiger partial charge in [-0.15, -0.1) is 0 Å². The smallest absolute Gasteiger partial charge is 0.256 e. The minimum absolute atomic E-state index is 0.0370. The first-order valence-corrected chi connectivity index (χ1v) is 10.8. The van der Waals surface area contributed by atoms with Crippen LogP contribution in [0.25, 0.3) is 0 Å². The maximum Gasteiger partial charge on any atom is 0.256 e. The van der Waals surface area contributed by atoms with Crippen LogP contribution in [0.4, 0.5) is 11.4 Å². The molecule has 0 radical (unpaired) electrons. The van der Waals surface area contributed by atoms with Gasteiger partial charge in [-0.1, -0.05) is 0 Å². The normalized spacial score (nSPS) is 18.3. The van der Waals surface area contributed by atoms with E-state index in [0.717, 1.165) is 18.6 Å². The fourth-order valence-electron chi connectivity index (χ4n) is 3.72. The second kappa shape index (κ2) is 8.93. The predicted molar refractivity (Wildman–Crippen MR) is 123 cm³/mol. The van der Waals surface area contributed by atoms with E-state index in [-0.39, 0.29) is 24.3 Å². The van der Waals surface area contributed by atoms with Gasteiger partial charge in [-0.3, -0.25) is 14.5 Å². The van der Waals surface area contributed by atoms with Crippen molar-refractivity contribution < 1.29 is 19.1 Å². The third-order valence-corrected chi connectivity index (χ3v) is 5.75. The van der Waals surface area contributed by atoms with Gasteiger partial charge in [0.25, 0.3) is 5.91 Å². The van der Waals surface area contributed by atoms with Crippen LogP contribution in [0, 0.1) is 0 Å². The summed E-state index contributed by atoms with van der Waals surface area (Å²) in [6.45, 7) is 2.50. The standard InChI is InChI=1S/C23H25N3O4S/c1-3-30-19-10-4-15(5-11-19)24-21(27)14-20-22(28)26(23(31)25(20)16-6-7-16)17-8-12-18(29-2)13-9-17/h4-5,8-13,16,20H,3,6-7,14H2,1-2H3,(H,24,27)/t20-/m1/s1. The van der Waals surface area contributed by atoms with E-state index < -0.39 is 6.04 Å². The van der Waals surface area contributed by atoms with Crippen molar-refractivity contribution in [1.29, 1.82) is 0 Å². The number of nitrogens with one attached hydrogen (secondary N) is 1. The maximum absolute atomic E-state index is 13.3. The van der Waals surface area contributed by atoms with E-state index in [4.69, 9.17) is 21.7 Å². The summed E-state index contributed by atoms with van der Waals surface area (Å²) in [7, 11) is 1.59. The Morgan fingerprint density at radius 2 is 1.74 bits per heavy atom. The molecular formula is C23H25N3O4S. The first kappa shape index (κ1) is 21.1. The number of rotatable bonds is 8. The van der Waals surface area contributed by atoms with E-state index in [1.165, 1.54) is 4.90 Å². The highest BCUT2D eigenvalue weighted by Crippen LogP contribution is 2.37. The molecule has 2 fully saturated rings. The van der Waals surface area contributed by atoms with Gasteiger partial charge in [-0.25, -0.2) is 0 Å². The zero-order valence-corrected chi connectivity index (χ0v) is 18.4. The summed E-state index contributed by atoms with van der Waals surface area (Å²) in [6, 6.07) is 14.0. The Morgan fingerprint density at radius 1 is 1.10 bits per heavy atom. The number of carbonyl (C=O) groups excluding carboxylic acids is 2. The number of carbonyl (C=O) groups is 2. The number of nitrogens with zero attached hydrogens (tertiary/aromatic N) is 2. The Hall–Kier alpha value is -3.13. The second-order valence-electron chi connectivity index (χ2n) is 7.52. The molecule has 0 bridgehead atoms.